The first-order valence-electron chi connectivity index (χ1n) is 8.93. The molecule has 6 nitrogen and oxygen atoms in total. The van der Waals surface area contributed by atoms with E-state index in [1.54, 1.807) is 20.3 Å². The van der Waals surface area contributed by atoms with Crippen molar-refractivity contribution >= 4 is 10.9 Å². The van der Waals surface area contributed by atoms with Gasteiger partial charge in [0.1, 0.15) is 5.82 Å². The minimum atomic E-state index is -0.101. The number of likely N-dealkylation sites (N-methyl/N-ethyl adjacent to an activating group) is 1. The van der Waals surface area contributed by atoms with Crippen LogP contribution in [0, 0.1) is 0 Å². The quantitative estimate of drug-likeness (QED) is 0.695. The molecule has 1 aromatic heterocycles. The number of aromatic nitrogens is 2. The zero-order chi connectivity index (χ0) is 19.4. The third kappa shape index (κ3) is 4.11. The van der Waals surface area contributed by atoms with Crippen molar-refractivity contribution in [1.29, 1.82) is 0 Å². The van der Waals surface area contributed by atoms with E-state index in [4.69, 9.17) is 9.47 Å². The van der Waals surface area contributed by atoms with Crippen LogP contribution < -0.4 is 15.0 Å². The Morgan fingerprint density at radius 3 is 2.59 bits per heavy atom. The van der Waals surface area contributed by atoms with Crippen molar-refractivity contribution in [3.05, 3.63) is 64.2 Å². The Labute approximate surface area is 158 Å². The van der Waals surface area contributed by atoms with Crippen LogP contribution >= 0.6 is 0 Å². The summed E-state index contributed by atoms with van der Waals surface area (Å²) in [6.07, 6.45) is 0.846. The molecule has 1 N–H and O–H groups in total. The van der Waals surface area contributed by atoms with Crippen LogP contribution in [0.15, 0.2) is 47.3 Å². The summed E-state index contributed by atoms with van der Waals surface area (Å²) in [4.78, 5) is 22.0. The number of hydrogen-bond donors (Lipinski definition) is 1. The van der Waals surface area contributed by atoms with Gasteiger partial charge >= 0.3 is 0 Å². The lowest BCUT2D eigenvalue weighted by atomic mass is 10.1. The van der Waals surface area contributed by atoms with Crippen LogP contribution in [-0.4, -0.2) is 42.7 Å². The van der Waals surface area contributed by atoms with Gasteiger partial charge in [-0.3, -0.25) is 9.69 Å². The number of para-hydroxylation sites is 1. The number of methoxy groups -OCH3 is 2. The molecule has 0 aliphatic heterocycles. The fraction of sp³-hybridized carbons (Fsp3) is 0.333. The molecule has 0 saturated carbocycles. The number of aromatic amines is 1. The molecule has 0 radical (unpaired) electrons. The number of hydrogen-bond acceptors (Lipinski definition) is 5. The smallest absolute Gasteiger partial charge is 0.258 e. The van der Waals surface area contributed by atoms with Crippen molar-refractivity contribution < 1.29 is 9.47 Å². The molecule has 1 heterocycles. The van der Waals surface area contributed by atoms with Crippen molar-refractivity contribution in [2.75, 3.05) is 27.8 Å². The summed E-state index contributed by atoms with van der Waals surface area (Å²) in [5, 5.41) is 0.612. The van der Waals surface area contributed by atoms with Crippen LogP contribution in [-0.2, 0) is 6.42 Å². The summed E-state index contributed by atoms with van der Waals surface area (Å²) in [5.74, 6) is 2.13. The van der Waals surface area contributed by atoms with Crippen LogP contribution in [0.25, 0.3) is 10.9 Å². The maximum absolute atomic E-state index is 12.3. The monoisotopic (exact) mass is 367 g/mol. The number of nitrogens with one attached hydrogen (secondary N) is 1. The first-order chi connectivity index (χ1) is 13.0. The summed E-state index contributed by atoms with van der Waals surface area (Å²) in [6.45, 7) is 2.86. The second-order valence-corrected chi connectivity index (χ2v) is 6.56. The molecule has 27 heavy (non-hydrogen) atoms. The van der Waals surface area contributed by atoms with Gasteiger partial charge in [0, 0.05) is 6.54 Å². The summed E-state index contributed by atoms with van der Waals surface area (Å²) in [6, 6.07) is 13.3. The van der Waals surface area contributed by atoms with Crippen molar-refractivity contribution in [3.8, 4) is 11.5 Å². The van der Waals surface area contributed by atoms with Gasteiger partial charge in [-0.25, -0.2) is 4.98 Å². The van der Waals surface area contributed by atoms with E-state index in [0.29, 0.717) is 11.2 Å². The Morgan fingerprint density at radius 2 is 1.85 bits per heavy atom. The molecule has 0 unspecified atom stereocenters. The maximum atomic E-state index is 12.3. The van der Waals surface area contributed by atoms with E-state index >= 15 is 0 Å². The fourth-order valence-electron chi connectivity index (χ4n) is 3.05. The van der Waals surface area contributed by atoms with Crippen molar-refractivity contribution in [1.82, 2.24) is 14.9 Å². The third-order valence-electron chi connectivity index (χ3n) is 4.89. The highest BCUT2D eigenvalue weighted by Crippen LogP contribution is 2.28. The van der Waals surface area contributed by atoms with Crippen LogP contribution in [0.1, 0.15) is 24.4 Å². The predicted molar refractivity (Wildman–Crippen MR) is 107 cm³/mol. The Kier molecular flexibility index (Phi) is 5.76. The van der Waals surface area contributed by atoms with E-state index in [-0.39, 0.29) is 11.6 Å². The summed E-state index contributed by atoms with van der Waals surface area (Å²) < 4.78 is 10.6. The van der Waals surface area contributed by atoms with Crippen molar-refractivity contribution in [3.63, 3.8) is 0 Å². The van der Waals surface area contributed by atoms with Gasteiger partial charge in [0.2, 0.25) is 0 Å². The zero-order valence-electron chi connectivity index (χ0n) is 16.2. The van der Waals surface area contributed by atoms with Crippen LogP contribution in [0.5, 0.6) is 11.5 Å². The van der Waals surface area contributed by atoms with E-state index in [9.17, 15) is 4.79 Å². The lowest BCUT2D eigenvalue weighted by Crippen LogP contribution is -2.28. The predicted octanol–water partition coefficient (Wildman–Crippen LogP) is 3.18. The van der Waals surface area contributed by atoms with Gasteiger partial charge in [0.05, 0.1) is 31.2 Å². The molecule has 0 saturated heterocycles. The van der Waals surface area contributed by atoms with Crippen molar-refractivity contribution in [2.24, 2.45) is 0 Å². The molecule has 0 spiro atoms. The number of fused-ring (bicyclic) bond motifs is 1. The molecule has 3 rings (SSSR count). The molecule has 142 valence electrons. The summed E-state index contributed by atoms with van der Waals surface area (Å²) in [7, 11) is 5.29. The molecule has 1 atom stereocenters. The highest BCUT2D eigenvalue weighted by molar-refractivity contribution is 5.77. The molecule has 0 bridgehead atoms. The van der Waals surface area contributed by atoms with Gasteiger partial charge in [-0.15, -0.1) is 0 Å². The molecule has 2 aromatic carbocycles. The van der Waals surface area contributed by atoms with Gasteiger partial charge in [-0.2, -0.15) is 0 Å². The largest absolute Gasteiger partial charge is 0.493 e. The maximum Gasteiger partial charge on any atom is 0.258 e. The average Bonchev–Trinajstić information content (AvgIpc) is 2.71. The Bertz CT molecular complexity index is 984. The normalized spacial score (nSPS) is 12.3. The zero-order valence-corrected chi connectivity index (χ0v) is 16.2. The topological polar surface area (TPSA) is 67.5 Å². The first-order valence-corrected chi connectivity index (χ1v) is 8.93. The number of benzene rings is 2. The second-order valence-electron chi connectivity index (χ2n) is 6.56. The lowest BCUT2D eigenvalue weighted by Gasteiger charge is -2.24. The second kappa shape index (κ2) is 8.22. The third-order valence-corrected chi connectivity index (χ3v) is 4.89. The molecule has 0 aliphatic carbocycles. The number of rotatable bonds is 7. The average molecular weight is 367 g/mol. The van der Waals surface area contributed by atoms with Crippen LogP contribution in [0.3, 0.4) is 0 Å². The number of nitrogens with zero attached hydrogens (tertiary/aromatic N) is 2. The van der Waals surface area contributed by atoms with Gasteiger partial charge in [0.15, 0.2) is 11.5 Å². The Morgan fingerprint density at radius 1 is 1.11 bits per heavy atom. The van der Waals surface area contributed by atoms with Gasteiger partial charge < -0.3 is 14.5 Å². The number of ether oxygens (including phenoxy) is 2. The molecule has 6 heteroatoms. The minimum Gasteiger partial charge on any atom is -0.493 e. The number of H-pyrrole nitrogens is 1. The summed E-state index contributed by atoms with van der Waals surface area (Å²) >= 11 is 0. The minimum absolute atomic E-state index is 0.0116. The highest BCUT2D eigenvalue weighted by Gasteiger charge is 2.16. The Balaban J connectivity index is 1.73. The van der Waals surface area contributed by atoms with E-state index < -0.39 is 0 Å². The molecule has 0 amide bonds. The lowest BCUT2D eigenvalue weighted by molar-refractivity contribution is 0.255. The van der Waals surface area contributed by atoms with Crippen LogP contribution in [0.2, 0.25) is 0 Å². The van der Waals surface area contributed by atoms with Crippen LogP contribution in [0.4, 0.5) is 0 Å². The standard InChI is InChI=1S/C21H25N3O3/c1-14(20-22-17-8-6-5-7-16(17)21(25)23-20)24(2)12-11-15-9-10-18(26-3)19(13-15)27-4/h5-10,13-14H,11-12H2,1-4H3,(H,22,23,25)/t14-/m1/s1. The van der Waals surface area contributed by atoms with E-state index in [0.717, 1.165) is 35.5 Å². The molecule has 3 aromatic rings. The van der Waals surface area contributed by atoms with E-state index in [1.807, 2.05) is 50.4 Å². The Hall–Kier alpha value is -2.86. The van der Waals surface area contributed by atoms with Gasteiger partial charge in [-0.05, 0) is 50.2 Å². The fourth-order valence-corrected chi connectivity index (χ4v) is 3.05. The molecule has 0 aliphatic rings. The highest BCUT2D eigenvalue weighted by atomic mass is 16.5. The van der Waals surface area contributed by atoms with Crippen molar-refractivity contribution in [2.45, 2.75) is 19.4 Å². The van der Waals surface area contributed by atoms with Gasteiger partial charge in [0.25, 0.3) is 5.56 Å². The molecular formula is C21H25N3O3. The van der Waals surface area contributed by atoms with E-state index in [2.05, 4.69) is 14.9 Å². The molecular weight excluding hydrogens is 342 g/mol. The summed E-state index contributed by atoms with van der Waals surface area (Å²) in [5.41, 5.74) is 1.78. The SMILES string of the molecule is COc1ccc(CCN(C)[C@H](C)c2nc3ccccc3c(=O)[nH]2)cc1OC. The molecule has 0 fully saturated rings. The van der Waals surface area contributed by atoms with Gasteiger partial charge in [-0.1, -0.05) is 18.2 Å². The first kappa shape index (κ1) is 18.9. The van der Waals surface area contributed by atoms with E-state index in [1.165, 1.54) is 0 Å².